The van der Waals surface area contributed by atoms with Crippen LogP contribution in [-0.4, -0.2) is 51.6 Å². The van der Waals surface area contributed by atoms with Crippen LogP contribution in [0, 0.1) is 13.8 Å². The molecule has 1 aromatic rings. The van der Waals surface area contributed by atoms with Gasteiger partial charge in [0.1, 0.15) is 6.54 Å². The van der Waals surface area contributed by atoms with Gasteiger partial charge < -0.3 is 10.0 Å². The fraction of sp³-hybridized carbons (Fsp3) is 0.667. The highest BCUT2D eigenvalue weighted by atomic mass is 19.4. The fourth-order valence-corrected chi connectivity index (χ4v) is 1.89. The van der Waals surface area contributed by atoms with Crippen LogP contribution >= 0.6 is 0 Å². The molecule has 5 nitrogen and oxygen atoms in total. The van der Waals surface area contributed by atoms with Gasteiger partial charge in [0.25, 0.3) is 0 Å². The Bertz CT molecular complexity index is 457. The number of hydrogen-bond acceptors (Lipinski definition) is 3. The standard InChI is InChI=1S/C12H18F3N3O2/c1-9-7-10(2)18(16-9)4-3-11(20)17(5-6-19)8-12(13,14)15/h7,19H,3-6,8H2,1-2H3. The molecule has 0 aliphatic heterocycles. The van der Waals surface area contributed by atoms with Crippen molar-refractivity contribution in [3.63, 3.8) is 0 Å². The van der Waals surface area contributed by atoms with Crippen LogP contribution in [0.3, 0.4) is 0 Å². The number of alkyl halides is 3. The molecule has 1 heterocycles. The van der Waals surface area contributed by atoms with Crippen molar-refractivity contribution in [1.29, 1.82) is 0 Å². The first-order chi connectivity index (χ1) is 9.23. The first kappa shape index (κ1) is 16.5. The Kier molecular flexibility index (Phi) is 5.55. The van der Waals surface area contributed by atoms with Gasteiger partial charge in [0.05, 0.1) is 12.3 Å². The Morgan fingerprint density at radius 3 is 2.55 bits per heavy atom. The maximum atomic E-state index is 12.3. The molecule has 0 atom stereocenters. The number of amides is 1. The van der Waals surface area contributed by atoms with E-state index in [1.54, 1.807) is 11.6 Å². The zero-order chi connectivity index (χ0) is 15.3. The summed E-state index contributed by atoms with van der Waals surface area (Å²) >= 11 is 0. The van der Waals surface area contributed by atoms with Gasteiger partial charge in [-0.15, -0.1) is 0 Å². The lowest BCUT2D eigenvalue weighted by molar-refractivity contribution is -0.162. The highest BCUT2D eigenvalue weighted by Gasteiger charge is 2.32. The predicted octanol–water partition coefficient (Wildman–Crippen LogP) is 1.27. The summed E-state index contributed by atoms with van der Waals surface area (Å²) in [5.41, 5.74) is 1.64. The number of halogens is 3. The molecule has 0 unspecified atom stereocenters. The van der Waals surface area contributed by atoms with Crippen molar-refractivity contribution in [2.75, 3.05) is 19.7 Å². The Morgan fingerprint density at radius 1 is 1.45 bits per heavy atom. The molecule has 1 rings (SSSR count). The first-order valence-electron chi connectivity index (χ1n) is 6.19. The van der Waals surface area contributed by atoms with E-state index in [1.807, 2.05) is 13.0 Å². The number of hydrogen-bond donors (Lipinski definition) is 1. The van der Waals surface area contributed by atoms with Crippen LogP contribution in [0.1, 0.15) is 17.8 Å². The number of aromatic nitrogens is 2. The van der Waals surface area contributed by atoms with Crippen molar-refractivity contribution in [3.05, 3.63) is 17.5 Å². The van der Waals surface area contributed by atoms with E-state index in [4.69, 9.17) is 5.11 Å². The molecule has 8 heteroatoms. The van der Waals surface area contributed by atoms with Crippen LogP contribution in [0.4, 0.5) is 13.2 Å². The summed E-state index contributed by atoms with van der Waals surface area (Å²) in [6.45, 7) is 1.66. The monoisotopic (exact) mass is 293 g/mol. The van der Waals surface area contributed by atoms with E-state index in [0.717, 1.165) is 11.4 Å². The molecule has 0 radical (unpaired) electrons. The predicted molar refractivity (Wildman–Crippen MR) is 66.0 cm³/mol. The number of nitrogens with zero attached hydrogens (tertiary/aromatic N) is 3. The molecule has 0 saturated heterocycles. The lowest BCUT2D eigenvalue weighted by atomic mass is 10.3. The zero-order valence-corrected chi connectivity index (χ0v) is 11.4. The van der Waals surface area contributed by atoms with Crippen LogP contribution < -0.4 is 0 Å². The number of aryl methyl sites for hydroxylation is 3. The number of rotatable bonds is 6. The Morgan fingerprint density at radius 2 is 2.10 bits per heavy atom. The van der Waals surface area contributed by atoms with Gasteiger partial charge in [0.15, 0.2) is 0 Å². The third-order valence-corrected chi connectivity index (χ3v) is 2.73. The van der Waals surface area contributed by atoms with Gasteiger partial charge in [0.2, 0.25) is 5.91 Å². The molecule has 0 aromatic carbocycles. The number of carbonyl (C=O) groups excluding carboxylic acids is 1. The molecule has 0 saturated carbocycles. The molecule has 0 fully saturated rings. The molecule has 0 aliphatic carbocycles. The second-order valence-electron chi connectivity index (χ2n) is 4.55. The average molecular weight is 293 g/mol. The van der Waals surface area contributed by atoms with Crippen molar-refractivity contribution in [2.24, 2.45) is 0 Å². The van der Waals surface area contributed by atoms with Crippen molar-refractivity contribution in [3.8, 4) is 0 Å². The van der Waals surface area contributed by atoms with E-state index in [-0.39, 0.29) is 19.5 Å². The van der Waals surface area contributed by atoms with Crippen LogP contribution in [0.5, 0.6) is 0 Å². The molecular formula is C12H18F3N3O2. The molecule has 1 aromatic heterocycles. The van der Waals surface area contributed by atoms with Crippen LogP contribution in [0.25, 0.3) is 0 Å². The third kappa shape index (κ3) is 5.20. The quantitative estimate of drug-likeness (QED) is 0.859. The molecule has 0 bridgehead atoms. The molecule has 20 heavy (non-hydrogen) atoms. The van der Waals surface area contributed by atoms with Gasteiger partial charge in [-0.2, -0.15) is 18.3 Å². The summed E-state index contributed by atoms with van der Waals surface area (Å²) in [6, 6.07) is 1.83. The first-order valence-corrected chi connectivity index (χ1v) is 6.19. The van der Waals surface area contributed by atoms with E-state index in [1.165, 1.54) is 0 Å². The molecule has 1 N–H and O–H groups in total. The lowest BCUT2D eigenvalue weighted by Crippen LogP contribution is -2.41. The summed E-state index contributed by atoms with van der Waals surface area (Å²) < 4.78 is 38.6. The van der Waals surface area contributed by atoms with Gasteiger partial charge in [-0.3, -0.25) is 9.48 Å². The normalized spacial score (nSPS) is 11.7. The molecule has 0 spiro atoms. The molecular weight excluding hydrogens is 275 g/mol. The van der Waals surface area contributed by atoms with Crippen LogP contribution in [0.2, 0.25) is 0 Å². The van der Waals surface area contributed by atoms with Crippen molar-refractivity contribution < 1.29 is 23.1 Å². The van der Waals surface area contributed by atoms with E-state index >= 15 is 0 Å². The number of carbonyl (C=O) groups is 1. The Balaban J connectivity index is 2.60. The molecule has 0 aliphatic rings. The smallest absolute Gasteiger partial charge is 0.395 e. The van der Waals surface area contributed by atoms with Gasteiger partial charge >= 0.3 is 6.18 Å². The Hall–Kier alpha value is -1.57. The topological polar surface area (TPSA) is 58.4 Å². The minimum Gasteiger partial charge on any atom is -0.395 e. The third-order valence-electron chi connectivity index (χ3n) is 2.73. The van der Waals surface area contributed by atoms with Crippen molar-refractivity contribution >= 4 is 5.91 Å². The van der Waals surface area contributed by atoms with E-state index in [9.17, 15) is 18.0 Å². The second-order valence-corrected chi connectivity index (χ2v) is 4.55. The fourth-order valence-electron chi connectivity index (χ4n) is 1.89. The summed E-state index contributed by atoms with van der Waals surface area (Å²) in [5, 5.41) is 12.9. The van der Waals surface area contributed by atoms with E-state index in [0.29, 0.717) is 4.90 Å². The summed E-state index contributed by atoms with van der Waals surface area (Å²) in [4.78, 5) is 12.4. The second kappa shape index (κ2) is 6.74. The SMILES string of the molecule is Cc1cc(C)n(CCC(=O)N(CCO)CC(F)(F)F)n1. The highest BCUT2D eigenvalue weighted by molar-refractivity contribution is 5.76. The summed E-state index contributed by atoms with van der Waals surface area (Å²) in [6.07, 6.45) is -4.55. The van der Waals surface area contributed by atoms with Gasteiger partial charge in [0, 0.05) is 25.2 Å². The van der Waals surface area contributed by atoms with Gasteiger partial charge in [-0.05, 0) is 19.9 Å². The van der Waals surface area contributed by atoms with Crippen molar-refractivity contribution in [1.82, 2.24) is 14.7 Å². The zero-order valence-electron chi connectivity index (χ0n) is 11.4. The molecule has 114 valence electrons. The average Bonchev–Trinajstić information content (AvgIpc) is 2.62. The lowest BCUT2D eigenvalue weighted by Gasteiger charge is -2.23. The van der Waals surface area contributed by atoms with Gasteiger partial charge in [-0.1, -0.05) is 0 Å². The highest BCUT2D eigenvalue weighted by Crippen LogP contribution is 2.17. The van der Waals surface area contributed by atoms with Gasteiger partial charge in [-0.25, -0.2) is 0 Å². The van der Waals surface area contributed by atoms with E-state index in [2.05, 4.69) is 5.10 Å². The van der Waals surface area contributed by atoms with Crippen molar-refractivity contribution in [2.45, 2.75) is 33.0 Å². The van der Waals surface area contributed by atoms with Crippen LogP contribution in [-0.2, 0) is 11.3 Å². The van der Waals surface area contributed by atoms with Crippen LogP contribution in [0.15, 0.2) is 6.07 Å². The summed E-state index contributed by atoms with van der Waals surface area (Å²) in [5.74, 6) is -0.649. The number of aliphatic hydroxyl groups excluding tert-OH is 1. The molecule has 1 amide bonds. The Labute approximate surface area is 115 Å². The maximum absolute atomic E-state index is 12.3. The van der Waals surface area contributed by atoms with E-state index < -0.39 is 25.2 Å². The minimum absolute atomic E-state index is 0.0853. The minimum atomic E-state index is -4.47. The summed E-state index contributed by atoms with van der Waals surface area (Å²) in [7, 11) is 0. The largest absolute Gasteiger partial charge is 0.406 e. The number of aliphatic hydroxyl groups is 1. The maximum Gasteiger partial charge on any atom is 0.406 e.